The SMILES string of the molecule is BP1(=O)Oc2ccccc2-c2ccccc21. The second-order valence-corrected chi connectivity index (χ2v) is 6.31. The van der Waals surface area contributed by atoms with Crippen LogP contribution < -0.4 is 9.83 Å². The number of hydrogen-bond acceptors (Lipinski definition) is 2. The Morgan fingerprint density at radius 1 is 0.938 bits per heavy atom. The number of rotatable bonds is 0. The van der Waals surface area contributed by atoms with Crippen molar-refractivity contribution in [2.24, 2.45) is 0 Å². The molecule has 1 aliphatic heterocycles. The molecular formula is C12H10BO2P. The second-order valence-electron chi connectivity index (χ2n) is 3.95. The van der Waals surface area contributed by atoms with Gasteiger partial charge in [-0.15, -0.1) is 0 Å². The molecule has 3 rings (SSSR count). The monoisotopic (exact) mass is 228 g/mol. The van der Waals surface area contributed by atoms with Gasteiger partial charge in [0.2, 0.25) is 14.8 Å². The van der Waals surface area contributed by atoms with Gasteiger partial charge in [-0.05, 0) is 17.7 Å². The van der Waals surface area contributed by atoms with Gasteiger partial charge >= 0.3 is 0 Å². The molecule has 0 fully saturated rings. The van der Waals surface area contributed by atoms with Crippen molar-refractivity contribution in [2.75, 3.05) is 0 Å². The number of para-hydroxylation sites is 1. The highest BCUT2D eigenvalue weighted by molar-refractivity contribution is 7.90. The molecule has 0 saturated carbocycles. The first-order chi connectivity index (χ1) is 7.68. The Morgan fingerprint density at radius 3 is 2.38 bits per heavy atom. The van der Waals surface area contributed by atoms with Crippen molar-refractivity contribution in [3.63, 3.8) is 0 Å². The van der Waals surface area contributed by atoms with Crippen molar-refractivity contribution in [1.29, 1.82) is 0 Å². The summed E-state index contributed by atoms with van der Waals surface area (Å²) in [7, 11) is -1.04. The summed E-state index contributed by atoms with van der Waals surface area (Å²) in [6.07, 6.45) is 0. The molecule has 4 heteroatoms. The van der Waals surface area contributed by atoms with E-state index in [1.54, 1.807) is 7.57 Å². The Morgan fingerprint density at radius 2 is 1.56 bits per heavy atom. The molecule has 2 nitrogen and oxygen atoms in total. The van der Waals surface area contributed by atoms with E-state index < -0.39 is 7.25 Å². The molecule has 0 spiro atoms. The third-order valence-electron chi connectivity index (χ3n) is 2.79. The lowest BCUT2D eigenvalue weighted by atomic mass is 10.0. The molecule has 0 aliphatic carbocycles. The zero-order valence-electron chi connectivity index (χ0n) is 8.88. The maximum absolute atomic E-state index is 12.4. The second kappa shape index (κ2) is 3.26. The molecule has 1 heterocycles. The minimum atomic E-state index is -2.71. The molecule has 1 aliphatic rings. The zero-order chi connectivity index (χ0) is 11.2. The zero-order valence-corrected chi connectivity index (χ0v) is 9.78. The van der Waals surface area contributed by atoms with E-state index in [2.05, 4.69) is 0 Å². The van der Waals surface area contributed by atoms with E-state index >= 15 is 0 Å². The summed E-state index contributed by atoms with van der Waals surface area (Å²) in [4.78, 5) is 0. The summed E-state index contributed by atoms with van der Waals surface area (Å²) in [5.74, 6) is 0.715. The standard InChI is InChI=1S/C12H10BO2P/c13-16(14)12-8-4-2-6-10(12)9-5-1-3-7-11(9)15-16/h1-8H,13H2. The molecule has 78 valence electrons. The van der Waals surface area contributed by atoms with Gasteiger partial charge in [-0.1, -0.05) is 36.4 Å². The molecule has 0 N–H and O–H groups in total. The Bertz CT molecular complexity index is 609. The largest absolute Gasteiger partial charge is 0.447 e. The van der Waals surface area contributed by atoms with Crippen LogP contribution in [0.2, 0.25) is 0 Å². The minimum absolute atomic E-state index is 0.715. The van der Waals surface area contributed by atoms with Crippen molar-refractivity contribution in [3.8, 4) is 16.9 Å². The highest BCUT2D eigenvalue weighted by atomic mass is 31.2. The summed E-state index contributed by atoms with van der Waals surface area (Å²) >= 11 is 0. The minimum Gasteiger partial charge on any atom is -0.447 e. The number of hydrogen-bond donors (Lipinski definition) is 0. The van der Waals surface area contributed by atoms with Crippen LogP contribution in [0.15, 0.2) is 48.5 Å². The van der Waals surface area contributed by atoms with Gasteiger partial charge in [-0.2, -0.15) is 0 Å². The molecule has 2 aromatic carbocycles. The summed E-state index contributed by atoms with van der Waals surface area (Å²) in [5.41, 5.74) is 2.04. The third-order valence-corrected chi connectivity index (χ3v) is 4.60. The molecule has 16 heavy (non-hydrogen) atoms. The van der Waals surface area contributed by atoms with Crippen LogP contribution in [0.25, 0.3) is 11.1 Å². The maximum atomic E-state index is 12.4. The van der Waals surface area contributed by atoms with E-state index in [0.717, 1.165) is 16.4 Å². The lowest BCUT2D eigenvalue weighted by molar-refractivity contribution is 0.507. The van der Waals surface area contributed by atoms with E-state index in [1.807, 2.05) is 48.5 Å². The Kier molecular flexibility index (Phi) is 1.99. The Hall–Kier alpha value is -1.47. The van der Waals surface area contributed by atoms with Crippen molar-refractivity contribution in [3.05, 3.63) is 48.5 Å². The van der Waals surface area contributed by atoms with Crippen LogP contribution in [0, 0.1) is 0 Å². The molecule has 0 saturated heterocycles. The van der Waals surface area contributed by atoms with E-state index in [9.17, 15) is 4.57 Å². The number of benzene rings is 2. The lowest BCUT2D eigenvalue weighted by Gasteiger charge is -2.26. The highest BCUT2D eigenvalue weighted by Gasteiger charge is 2.30. The van der Waals surface area contributed by atoms with Crippen LogP contribution in [-0.4, -0.2) is 7.57 Å². The van der Waals surface area contributed by atoms with E-state index in [1.165, 1.54) is 0 Å². The number of fused-ring (bicyclic) bond motifs is 3. The molecule has 0 aromatic heterocycles. The topological polar surface area (TPSA) is 26.3 Å². The molecule has 1 unspecified atom stereocenters. The predicted octanol–water partition coefficient (Wildman–Crippen LogP) is 2.20. The fourth-order valence-corrected chi connectivity index (χ4v) is 3.68. The average Bonchev–Trinajstić information content (AvgIpc) is 2.29. The average molecular weight is 228 g/mol. The molecule has 0 amide bonds. The fourth-order valence-electron chi connectivity index (χ4n) is 2.06. The smallest absolute Gasteiger partial charge is 0.237 e. The van der Waals surface area contributed by atoms with Crippen LogP contribution in [-0.2, 0) is 4.57 Å². The van der Waals surface area contributed by atoms with Crippen molar-refractivity contribution < 1.29 is 9.09 Å². The van der Waals surface area contributed by atoms with Crippen LogP contribution >= 0.6 is 7.25 Å². The first kappa shape index (κ1) is 9.74. The van der Waals surface area contributed by atoms with Gasteiger partial charge in [-0.25, -0.2) is 0 Å². The third kappa shape index (κ3) is 1.32. The summed E-state index contributed by atoms with van der Waals surface area (Å²) in [5, 5.41) is 0.814. The summed E-state index contributed by atoms with van der Waals surface area (Å²) in [6.45, 7) is 0. The quantitative estimate of drug-likeness (QED) is 0.510. The van der Waals surface area contributed by atoms with Crippen molar-refractivity contribution >= 4 is 20.1 Å². The Labute approximate surface area is 95.1 Å². The van der Waals surface area contributed by atoms with Gasteiger partial charge < -0.3 is 4.52 Å². The van der Waals surface area contributed by atoms with Crippen molar-refractivity contribution in [1.82, 2.24) is 0 Å². The van der Waals surface area contributed by atoms with E-state index in [4.69, 9.17) is 4.52 Å². The van der Waals surface area contributed by atoms with Crippen LogP contribution in [0.3, 0.4) is 0 Å². The summed E-state index contributed by atoms with van der Waals surface area (Å²) < 4.78 is 18.0. The molecule has 1 atom stereocenters. The first-order valence-corrected chi connectivity index (χ1v) is 7.22. The molecular weight excluding hydrogens is 218 g/mol. The van der Waals surface area contributed by atoms with Crippen LogP contribution in [0.1, 0.15) is 0 Å². The van der Waals surface area contributed by atoms with E-state index in [0.29, 0.717) is 5.75 Å². The van der Waals surface area contributed by atoms with Crippen molar-refractivity contribution in [2.45, 2.75) is 0 Å². The van der Waals surface area contributed by atoms with Gasteiger partial charge in [0.15, 0.2) is 0 Å². The fraction of sp³-hybridized carbons (Fsp3) is 0. The predicted molar refractivity (Wildman–Crippen MR) is 68.3 cm³/mol. The first-order valence-electron chi connectivity index (χ1n) is 5.14. The van der Waals surface area contributed by atoms with Crippen LogP contribution in [0.4, 0.5) is 0 Å². The van der Waals surface area contributed by atoms with Gasteiger partial charge in [0.1, 0.15) is 5.75 Å². The van der Waals surface area contributed by atoms with E-state index in [-0.39, 0.29) is 0 Å². The summed E-state index contributed by atoms with van der Waals surface area (Å²) in [6, 6.07) is 15.4. The maximum Gasteiger partial charge on any atom is 0.237 e. The van der Waals surface area contributed by atoms with Gasteiger partial charge in [0.05, 0.1) is 0 Å². The van der Waals surface area contributed by atoms with Crippen LogP contribution in [0.5, 0.6) is 5.75 Å². The van der Waals surface area contributed by atoms with Gasteiger partial charge in [-0.3, -0.25) is 4.57 Å². The highest BCUT2D eigenvalue weighted by Crippen LogP contribution is 2.50. The molecule has 2 aromatic rings. The molecule has 0 bridgehead atoms. The Balaban J connectivity index is 2.38. The molecule has 0 radical (unpaired) electrons. The lowest BCUT2D eigenvalue weighted by Crippen LogP contribution is -2.17. The van der Waals surface area contributed by atoms with Gasteiger partial charge in [0.25, 0.3) is 0 Å². The van der Waals surface area contributed by atoms with Gasteiger partial charge in [0, 0.05) is 10.9 Å². The normalized spacial score (nSPS) is 21.8.